The maximum absolute atomic E-state index is 5.34. The van der Waals surface area contributed by atoms with E-state index in [1.165, 1.54) is 0 Å². The van der Waals surface area contributed by atoms with Crippen LogP contribution in [0.2, 0.25) is 0 Å². The SMILES string of the molecule is CCc1n[nH]c2nnc3cc(OC)c(OC)cc3c12. The number of aromatic nitrogens is 4. The lowest BCUT2D eigenvalue weighted by Gasteiger charge is -2.08. The van der Waals surface area contributed by atoms with Crippen LogP contribution in [0.3, 0.4) is 0 Å². The summed E-state index contributed by atoms with van der Waals surface area (Å²) in [5, 5.41) is 17.5. The van der Waals surface area contributed by atoms with E-state index in [0.29, 0.717) is 17.1 Å². The highest BCUT2D eigenvalue weighted by Gasteiger charge is 2.14. The molecule has 6 heteroatoms. The van der Waals surface area contributed by atoms with Gasteiger partial charge in [-0.25, -0.2) is 0 Å². The third-order valence-electron chi connectivity index (χ3n) is 3.19. The van der Waals surface area contributed by atoms with Crippen molar-refractivity contribution in [1.82, 2.24) is 20.4 Å². The Hall–Kier alpha value is -2.37. The van der Waals surface area contributed by atoms with E-state index in [1.54, 1.807) is 14.2 Å². The molecule has 3 aromatic rings. The predicted molar refractivity (Wildman–Crippen MR) is 71.7 cm³/mol. The summed E-state index contributed by atoms with van der Waals surface area (Å²) in [6.07, 6.45) is 0.829. The fourth-order valence-corrected chi connectivity index (χ4v) is 2.24. The summed E-state index contributed by atoms with van der Waals surface area (Å²) in [5.74, 6) is 1.32. The smallest absolute Gasteiger partial charge is 0.178 e. The Kier molecular flexibility index (Phi) is 2.70. The van der Waals surface area contributed by atoms with Gasteiger partial charge < -0.3 is 9.47 Å². The third-order valence-corrected chi connectivity index (χ3v) is 3.19. The number of aromatic amines is 1. The van der Waals surface area contributed by atoms with Crippen molar-refractivity contribution >= 4 is 21.9 Å². The number of fused-ring (bicyclic) bond motifs is 3. The van der Waals surface area contributed by atoms with Crippen LogP contribution in [0.1, 0.15) is 12.6 Å². The molecular formula is C13H14N4O2. The van der Waals surface area contributed by atoms with Gasteiger partial charge in [-0.15, -0.1) is 10.2 Å². The molecule has 2 aromatic heterocycles. The fourth-order valence-electron chi connectivity index (χ4n) is 2.24. The lowest BCUT2D eigenvalue weighted by Crippen LogP contribution is -1.93. The monoisotopic (exact) mass is 258 g/mol. The number of nitrogens with one attached hydrogen (secondary N) is 1. The zero-order valence-corrected chi connectivity index (χ0v) is 11.0. The molecule has 0 fully saturated rings. The first-order chi connectivity index (χ1) is 9.28. The van der Waals surface area contributed by atoms with Gasteiger partial charge in [0.15, 0.2) is 17.1 Å². The molecule has 0 saturated carbocycles. The number of H-pyrrole nitrogens is 1. The molecule has 3 rings (SSSR count). The van der Waals surface area contributed by atoms with Gasteiger partial charge in [-0.3, -0.25) is 5.10 Å². The van der Waals surface area contributed by atoms with E-state index in [1.807, 2.05) is 12.1 Å². The van der Waals surface area contributed by atoms with Crippen LogP contribution >= 0.6 is 0 Å². The van der Waals surface area contributed by atoms with Crippen molar-refractivity contribution in [3.63, 3.8) is 0 Å². The molecule has 0 amide bonds. The summed E-state index contributed by atoms with van der Waals surface area (Å²) in [4.78, 5) is 0. The Morgan fingerprint density at radius 3 is 2.53 bits per heavy atom. The predicted octanol–water partition coefficient (Wildman–Crippen LogP) is 2.09. The van der Waals surface area contributed by atoms with E-state index in [2.05, 4.69) is 27.3 Å². The van der Waals surface area contributed by atoms with Gasteiger partial charge in [0.1, 0.15) is 0 Å². The van der Waals surface area contributed by atoms with Crippen LogP contribution in [0, 0.1) is 0 Å². The highest BCUT2D eigenvalue weighted by molar-refractivity contribution is 6.05. The van der Waals surface area contributed by atoms with E-state index in [9.17, 15) is 0 Å². The van der Waals surface area contributed by atoms with Crippen molar-refractivity contribution in [3.8, 4) is 11.5 Å². The Morgan fingerprint density at radius 2 is 1.84 bits per heavy atom. The minimum absolute atomic E-state index is 0.644. The molecule has 98 valence electrons. The standard InChI is InChI=1S/C13H14N4O2/c1-4-8-12-7-5-10(18-2)11(19-3)6-9(7)15-17-13(12)16-14-8/h5-6H,4H2,1-3H3,(H,14,16,17). The number of benzene rings is 1. The molecule has 0 radical (unpaired) electrons. The Bertz CT molecular complexity index is 751. The Balaban J connectivity index is 2.43. The molecule has 19 heavy (non-hydrogen) atoms. The van der Waals surface area contributed by atoms with Crippen LogP contribution in [0.5, 0.6) is 11.5 Å². The molecule has 2 heterocycles. The molecule has 0 bridgehead atoms. The summed E-state index contributed by atoms with van der Waals surface area (Å²) >= 11 is 0. The van der Waals surface area contributed by atoms with E-state index in [0.717, 1.165) is 28.4 Å². The lowest BCUT2D eigenvalue weighted by molar-refractivity contribution is 0.356. The van der Waals surface area contributed by atoms with Gasteiger partial charge in [-0.2, -0.15) is 5.10 Å². The second-order valence-corrected chi connectivity index (χ2v) is 4.17. The number of ether oxygens (including phenoxy) is 2. The van der Waals surface area contributed by atoms with Crippen LogP contribution in [0.4, 0.5) is 0 Å². The van der Waals surface area contributed by atoms with Gasteiger partial charge >= 0.3 is 0 Å². The number of rotatable bonds is 3. The van der Waals surface area contributed by atoms with Crippen molar-refractivity contribution in [2.75, 3.05) is 14.2 Å². The molecule has 0 atom stereocenters. The molecule has 0 aliphatic heterocycles. The van der Waals surface area contributed by atoms with Crippen LogP contribution in [-0.2, 0) is 6.42 Å². The van der Waals surface area contributed by atoms with Gasteiger partial charge in [-0.1, -0.05) is 6.92 Å². The summed E-state index contributed by atoms with van der Waals surface area (Å²) in [7, 11) is 3.22. The summed E-state index contributed by atoms with van der Waals surface area (Å²) < 4.78 is 10.6. The molecule has 0 saturated heterocycles. The zero-order valence-electron chi connectivity index (χ0n) is 11.0. The highest BCUT2D eigenvalue weighted by atomic mass is 16.5. The summed E-state index contributed by atoms with van der Waals surface area (Å²) in [6, 6.07) is 3.74. The third kappa shape index (κ3) is 1.68. The number of hydrogen-bond donors (Lipinski definition) is 1. The Labute approximate surface area is 109 Å². The van der Waals surface area contributed by atoms with Crippen molar-refractivity contribution in [1.29, 1.82) is 0 Å². The Morgan fingerprint density at radius 1 is 1.11 bits per heavy atom. The summed E-state index contributed by atoms with van der Waals surface area (Å²) in [6.45, 7) is 2.06. The minimum atomic E-state index is 0.644. The van der Waals surface area contributed by atoms with Gasteiger partial charge in [-0.05, 0) is 12.5 Å². The van der Waals surface area contributed by atoms with Crippen LogP contribution < -0.4 is 9.47 Å². The van der Waals surface area contributed by atoms with E-state index in [4.69, 9.17) is 9.47 Å². The first-order valence-corrected chi connectivity index (χ1v) is 6.03. The normalized spacial score (nSPS) is 11.1. The molecule has 0 unspecified atom stereocenters. The first-order valence-electron chi connectivity index (χ1n) is 6.03. The van der Waals surface area contributed by atoms with Gasteiger partial charge in [0.2, 0.25) is 0 Å². The maximum atomic E-state index is 5.34. The largest absolute Gasteiger partial charge is 0.493 e. The second kappa shape index (κ2) is 4.38. The van der Waals surface area contributed by atoms with Crippen LogP contribution in [0.25, 0.3) is 21.9 Å². The molecule has 1 N–H and O–H groups in total. The topological polar surface area (TPSA) is 72.9 Å². The van der Waals surface area contributed by atoms with Crippen molar-refractivity contribution < 1.29 is 9.47 Å². The van der Waals surface area contributed by atoms with Gasteiger partial charge in [0.05, 0.1) is 30.8 Å². The number of methoxy groups -OCH3 is 2. The number of aryl methyl sites for hydroxylation is 1. The number of hydrogen-bond acceptors (Lipinski definition) is 5. The molecule has 0 aliphatic rings. The van der Waals surface area contributed by atoms with E-state index in [-0.39, 0.29) is 0 Å². The minimum Gasteiger partial charge on any atom is -0.493 e. The van der Waals surface area contributed by atoms with Gasteiger partial charge in [0, 0.05) is 11.5 Å². The first kappa shape index (κ1) is 11.7. The second-order valence-electron chi connectivity index (χ2n) is 4.17. The molecule has 1 aromatic carbocycles. The maximum Gasteiger partial charge on any atom is 0.178 e. The zero-order chi connectivity index (χ0) is 13.4. The molecule has 6 nitrogen and oxygen atoms in total. The average molecular weight is 258 g/mol. The van der Waals surface area contributed by atoms with Crippen molar-refractivity contribution in [2.45, 2.75) is 13.3 Å². The van der Waals surface area contributed by atoms with E-state index >= 15 is 0 Å². The molecule has 0 aliphatic carbocycles. The summed E-state index contributed by atoms with van der Waals surface area (Å²) in [5.41, 5.74) is 2.43. The van der Waals surface area contributed by atoms with Crippen molar-refractivity contribution in [3.05, 3.63) is 17.8 Å². The van der Waals surface area contributed by atoms with E-state index < -0.39 is 0 Å². The van der Waals surface area contributed by atoms with Gasteiger partial charge in [0.25, 0.3) is 0 Å². The van der Waals surface area contributed by atoms with Crippen LogP contribution in [0.15, 0.2) is 12.1 Å². The number of nitrogens with zero attached hydrogens (tertiary/aromatic N) is 3. The van der Waals surface area contributed by atoms with Crippen LogP contribution in [-0.4, -0.2) is 34.6 Å². The fraction of sp³-hybridized carbons (Fsp3) is 0.308. The van der Waals surface area contributed by atoms with Crippen molar-refractivity contribution in [2.24, 2.45) is 0 Å². The highest BCUT2D eigenvalue weighted by Crippen LogP contribution is 2.34. The molecule has 0 spiro atoms. The lowest BCUT2D eigenvalue weighted by atomic mass is 10.1. The molecular weight excluding hydrogens is 244 g/mol. The quantitative estimate of drug-likeness (QED) is 0.778. The average Bonchev–Trinajstić information content (AvgIpc) is 2.89.